The third kappa shape index (κ3) is 4.09. The Balaban J connectivity index is 1.56. The van der Waals surface area contributed by atoms with Gasteiger partial charge in [0.25, 0.3) is 5.56 Å². The molecule has 0 saturated carbocycles. The Bertz CT molecular complexity index is 1730. The van der Waals surface area contributed by atoms with Gasteiger partial charge in [0.2, 0.25) is 16.8 Å². The molecule has 0 aliphatic rings. The minimum atomic E-state index is -0.515. The highest BCUT2D eigenvalue weighted by molar-refractivity contribution is 7.99. The number of thioether (sulfide) groups is 1. The maximum absolute atomic E-state index is 13.4. The lowest BCUT2D eigenvalue weighted by Crippen LogP contribution is -2.37. The molecule has 186 valence electrons. The molecule has 0 aliphatic heterocycles. The van der Waals surface area contributed by atoms with E-state index in [1.807, 2.05) is 6.92 Å². The number of anilines is 1. The predicted molar refractivity (Wildman–Crippen MR) is 133 cm³/mol. The molecule has 0 atom stereocenters. The number of aryl methyl sites for hydroxylation is 2. The zero-order valence-corrected chi connectivity index (χ0v) is 21.1. The van der Waals surface area contributed by atoms with Crippen molar-refractivity contribution < 1.29 is 9.18 Å². The Labute approximate surface area is 210 Å². The van der Waals surface area contributed by atoms with Crippen LogP contribution < -0.4 is 16.6 Å². The van der Waals surface area contributed by atoms with Crippen molar-refractivity contribution in [2.45, 2.75) is 25.0 Å². The molecule has 5 aromatic rings. The van der Waals surface area contributed by atoms with Crippen LogP contribution in [-0.2, 0) is 31.9 Å². The molecular formula is C21H20FN9O3S2. The molecule has 0 radical (unpaired) electrons. The fourth-order valence-corrected chi connectivity index (χ4v) is 5.20. The van der Waals surface area contributed by atoms with Crippen LogP contribution in [-0.4, -0.2) is 50.2 Å². The van der Waals surface area contributed by atoms with E-state index in [4.69, 9.17) is 0 Å². The average molecular weight is 530 g/mol. The lowest BCUT2D eigenvalue weighted by atomic mass is 10.2. The first kappa shape index (κ1) is 23.9. The topological polar surface area (TPSA) is 134 Å². The molecule has 0 fully saturated rings. The second-order valence-electron chi connectivity index (χ2n) is 7.90. The largest absolute Gasteiger partial charge is 0.332 e. The Hall–Kier alpha value is -3.85. The fraction of sp³-hybridized carbons (Fsp3) is 0.286. The first-order valence-electron chi connectivity index (χ1n) is 10.8. The number of hydrogen-bond donors (Lipinski definition) is 1. The van der Waals surface area contributed by atoms with Gasteiger partial charge in [0, 0.05) is 14.1 Å². The van der Waals surface area contributed by atoms with E-state index in [0.717, 1.165) is 33.3 Å². The zero-order valence-electron chi connectivity index (χ0n) is 19.4. The van der Waals surface area contributed by atoms with Gasteiger partial charge in [-0.2, -0.15) is 0 Å². The van der Waals surface area contributed by atoms with Gasteiger partial charge in [0.15, 0.2) is 16.3 Å². The second-order valence-corrected chi connectivity index (χ2v) is 9.90. The van der Waals surface area contributed by atoms with E-state index in [2.05, 4.69) is 25.7 Å². The predicted octanol–water partition coefficient (Wildman–Crippen LogP) is 1.41. The van der Waals surface area contributed by atoms with Crippen LogP contribution in [0.15, 0.2) is 39.0 Å². The molecule has 0 unspecified atom stereocenters. The SMILES string of the molecule is CCc1nnc(NC(=O)CSc2nnc3n(Cc4ccc(F)cc4)c4c(=O)n(C)c(=O)n(C)c4n23)s1. The number of halogens is 1. The highest BCUT2D eigenvalue weighted by Crippen LogP contribution is 2.25. The minimum Gasteiger partial charge on any atom is -0.300 e. The summed E-state index contributed by atoms with van der Waals surface area (Å²) in [4.78, 5) is 38.4. The number of benzene rings is 1. The van der Waals surface area contributed by atoms with Crippen molar-refractivity contribution in [1.82, 2.24) is 38.5 Å². The molecular weight excluding hydrogens is 509 g/mol. The first-order valence-corrected chi connectivity index (χ1v) is 12.6. The molecule has 5 rings (SSSR count). The van der Waals surface area contributed by atoms with Gasteiger partial charge in [-0.1, -0.05) is 42.2 Å². The van der Waals surface area contributed by atoms with E-state index in [-0.39, 0.29) is 29.5 Å². The number of nitrogens with one attached hydrogen (secondary N) is 1. The van der Waals surface area contributed by atoms with Gasteiger partial charge in [-0.3, -0.25) is 28.6 Å². The number of carbonyl (C=O) groups is 1. The Kier molecular flexibility index (Phi) is 6.17. The van der Waals surface area contributed by atoms with Gasteiger partial charge < -0.3 is 0 Å². The van der Waals surface area contributed by atoms with Crippen LogP contribution in [0.3, 0.4) is 0 Å². The van der Waals surface area contributed by atoms with Crippen molar-refractivity contribution in [1.29, 1.82) is 0 Å². The molecule has 0 bridgehead atoms. The van der Waals surface area contributed by atoms with E-state index in [1.165, 1.54) is 35.1 Å². The summed E-state index contributed by atoms with van der Waals surface area (Å²) in [5.74, 6) is -0.383. The number of fused-ring (bicyclic) bond motifs is 3. The van der Waals surface area contributed by atoms with Crippen molar-refractivity contribution >= 4 is 51.1 Å². The number of rotatable bonds is 7. The lowest BCUT2D eigenvalue weighted by molar-refractivity contribution is -0.113. The Morgan fingerprint density at radius 1 is 1.08 bits per heavy atom. The molecule has 0 aliphatic carbocycles. The molecule has 0 saturated heterocycles. The summed E-state index contributed by atoms with van der Waals surface area (Å²) in [5, 5.41) is 20.6. The molecule has 4 aromatic heterocycles. The summed E-state index contributed by atoms with van der Waals surface area (Å²) in [6, 6.07) is 5.88. The Morgan fingerprint density at radius 2 is 1.83 bits per heavy atom. The van der Waals surface area contributed by atoms with Crippen LogP contribution in [0.5, 0.6) is 0 Å². The summed E-state index contributed by atoms with van der Waals surface area (Å²) in [7, 11) is 2.95. The van der Waals surface area contributed by atoms with E-state index in [9.17, 15) is 18.8 Å². The minimum absolute atomic E-state index is 0.00867. The van der Waals surface area contributed by atoms with Gasteiger partial charge in [0.05, 0.1) is 12.3 Å². The third-order valence-corrected chi connectivity index (χ3v) is 7.46. The number of aromatic nitrogens is 8. The molecule has 0 spiro atoms. The Morgan fingerprint density at radius 3 is 2.53 bits per heavy atom. The van der Waals surface area contributed by atoms with E-state index >= 15 is 0 Å². The maximum atomic E-state index is 13.4. The molecule has 1 aromatic carbocycles. The summed E-state index contributed by atoms with van der Waals surface area (Å²) in [5.41, 5.74) is 0.244. The van der Waals surface area contributed by atoms with Gasteiger partial charge in [-0.05, 0) is 24.1 Å². The number of hydrogen-bond acceptors (Lipinski definition) is 9. The molecule has 1 amide bonds. The third-order valence-electron chi connectivity index (χ3n) is 5.55. The fourth-order valence-electron chi connectivity index (χ4n) is 3.78. The van der Waals surface area contributed by atoms with Crippen molar-refractivity contribution in [3.63, 3.8) is 0 Å². The van der Waals surface area contributed by atoms with Crippen LogP contribution in [0.4, 0.5) is 9.52 Å². The average Bonchev–Trinajstić information content (AvgIpc) is 3.57. The van der Waals surface area contributed by atoms with Gasteiger partial charge in [-0.15, -0.1) is 20.4 Å². The highest BCUT2D eigenvalue weighted by Gasteiger charge is 2.24. The van der Waals surface area contributed by atoms with Crippen LogP contribution in [0.25, 0.3) is 16.9 Å². The van der Waals surface area contributed by atoms with Crippen molar-refractivity contribution in [3.05, 3.63) is 61.5 Å². The first-order chi connectivity index (χ1) is 17.3. The second kappa shape index (κ2) is 9.31. The summed E-state index contributed by atoms with van der Waals surface area (Å²) < 4.78 is 19.0. The van der Waals surface area contributed by atoms with Crippen LogP contribution in [0.1, 0.15) is 17.5 Å². The summed E-state index contributed by atoms with van der Waals surface area (Å²) in [6.07, 6.45) is 0.722. The zero-order chi connectivity index (χ0) is 25.6. The highest BCUT2D eigenvalue weighted by atomic mass is 32.2. The van der Waals surface area contributed by atoms with E-state index in [1.54, 1.807) is 28.1 Å². The van der Waals surface area contributed by atoms with Crippen LogP contribution >= 0.6 is 23.1 Å². The van der Waals surface area contributed by atoms with Crippen molar-refractivity contribution in [2.24, 2.45) is 14.1 Å². The van der Waals surface area contributed by atoms with Gasteiger partial charge >= 0.3 is 5.69 Å². The van der Waals surface area contributed by atoms with Crippen molar-refractivity contribution in [3.8, 4) is 0 Å². The molecule has 1 N–H and O–H groups in total. The van der Waals surface area contributed by atoms with Crippen LogP contribution in [0.2, 0.25) is 0 Å². The van der Waals surface area contributed by atoms with Gasteiger partial charge in [0.1, 0.15) is 10.8 Å². The maximum Gasteiger partial charge on any atom is 0.332 e. The standard InChI is InChI=1S/C21H20FN9O3S2/c1-4-14-24-25-18(36-14)23-13(32)10-35-20-27-26-19-30(9-11-5-7-12(22)8-6-11)15-16(31(19)20)28(2)21(34)29(3)17(15)33/h5-8H,4,9-10H2,1-3H3,(H,23,25,32). The quantitative estimate of drug-likeness (QED) is 0.313. The lowest BCUT2D eigenvalue weighted by Gasteiger charge is -2.07. The van der Waals surface area contributed by atoms with E-state index in [0.29, 0.717) is 21.7 Å². The van der Waals surface area contributed by atoms with E-state index < -0.39 is 11.2 Å². The molecule has 36 heavy (non-hydrogen) atoms. The normalized spacial score (nSPS) is 11.6. The van der Waals surface area contributed by atoms with Crippen LogP contribution in [0, 0.1) is 5.82 Å². The number of imidazole rings is 1. The smallest absolute Gasteiger partial charge is 0.300 e. The van der Waals surface area contributed by atoms with Gasteiger partial charge in [-0.25, -0.2) is 13.6 Å². The van der Waals surface area contributed by atoms with Crippen molar-refractivity contribution in [2.75, 3.05) is 11.1 Å². The molecule has 15 heteroatoms. The summed E-state index contributed by atoms with van der Waals surface area (Å²) in [6.45, 7) is 2.15. The molecule has 12 nitrogen and oxygen atoms in total. The number of amides is 1. The number of nitrogens with zero attached hydrogens (tertiary/aromatic N) is 8. The molecule has 4 heterocycles. The monoisotopic (exact) mass is 529 g/mol. The number of carbonyl (C=O) groups excluding carboxylic acids is 1. The summed E-state index contributed by atoms with van der Waals surface area (Å²) >= 11 is 2.41.